The Morgan fingerprint density at radius 2 is 1.91 bits per heavy atom. The number of anilines is 1. The molecule has 2 atom stereocenters. The highest BCUT2D eigenvalue weighted by Crippen LogP contribution is 2.35. The fraction of sp³-hybridized carbons (Fsp3) is 0.542. The van der Waals surface area contributed by atoms with Crippen LogP contribution in [-0.4, -0.2) is 54.1 Å². The molecular weight excluding hydrogens is 452 g/mol. The maximum absolute atomic E-state index is 13.5. The predicted molar refractivity (Wildman–Crippen MR) is 118 cm³/mol. The maximum Gasteiger partial charge on any atom is 0.471 e. The van der Waals surface area contributed by atoms with Gasteiger partial charge in [-0.3, -0.25) is 4.79 Å². The van der Waals surface area contributed by atoms with Crippen LogP contribution in [0.2, 0.25) is 0 Å². The Bertz CT molecular complexity index is 951. The number of piperidine rings is 1. The molecular formula is C24H28F4N4O2. The molecule has 0 radical (unpaired) electrons. The molecule has 0 bridgehead atoms. The maximum atomic E-state index is 13.5. The number of carbonyl (C=O) groups excluding carboxylic acids is 1. The average Bonchev–Trinajstić information content (AvgIpc) is 2.83. The average molecular weight is 481 g/mol. The van der Waals surface area contributed by atoms with Crippen LogP contribution < -0.4 is 10.2 Å². The van der Waals surface area contributed by atoms with Crippen LogP contribution in [0.15, 0.2) is 42.6 Å². The summed E-state index contributed by atoms with van der Waals surface area (Å²) in [7, 11) is 0. The van der Waals surface area contributed by atoms with Crippen LogP contribution >= 0.6 is 0 Å². The third-order valence-electron chi connectivity index (χ3n) is 6.73. The molecule has 10 heteroatoms. The van der Waals surface area contributed by atoms with Gasteiger partial charge in [0.1, 0.15) is 5.82 Å². The lowest BCUT2D eigenvalue weighted by molar-refractivity contribution is -0.175. The number of carbonyl (C=O) groups is 1. The number of rotatable bonds is 6. The topological polar surface area (TPSA) is 67.4 Å². The van der Waals surface area contributed by atoms with Crippen molar-refractivity contribution in [1.82, 2.24) is 15.5 Å². The molecule has 184 valence electrons. The van der Waals surface area contributed by atoms with Gasteiger partial charge in [-0.1, -0.05) is 12.1 Å². The molecule has 1 aliphatic carbocycles. The summed E-state index contributed by atoms with van der Waals surface area (Å²) < 4.78 is 58.3. The van der Waals surface area contributed by atoms with E-state index in [2.05, 4.69) is 15.5 Å². The van der Waals surface area contributed by atoms with Crippen molar-refractivity contribution in [3.05, 3.63) is 54.0 Å². The molecule has 1 saturated carbocycles. The van der Waals surface area contributed by atoms with E-state index in [1.165, 1.54) is 6.07 Å². The fourth-order valence-electron chi connectivity index (χ4n) is 4.89. The summed E-state index contributed by atoms with van der Waals surface area (Å²) in [5.74, 6) is -1.58. The molecule has 2 fully saturated rings. The Morgan fingerprint density at radius 3 is 2.59 bits per heavy atom. The summed E-state index contributed by atoms with van der Waals surface area (Å²) in [5, 5.41) is 10.1. The Balaban J connectivity index is 1.35. The summed E-state index contributed by atoms with van der Waals surface area (Å²) in [6.45, 7) is 1.09. The van der Waals surface area contributed by atoms with E-state index >= 15 is 0 Å². The van der Waals surface area contributed by atoms with Gasteiger partial charge in [0.05, 0.1) is 12.7 Å². The highest BCUT2D eigenvalue weighted by Gasteiger charge is 2.42. The van der Waals surface area contributed by atoms with Gasteiger partial charge in [-0.15, -0.1) is 5.10 Å². The number of hydrogen-bond donors (Lipinski definition) is 1. The second kappa shape index (κ2) is 10.7. The molecule has 6 nitrogen and oxygen atoms in total. The summed E-state index contributed by atoms with van der Waals surface area (Å²) in [4.78, 5) is 13.5. The van der Waals surface area contributed by atoms with Crippen molar-refractivity contribution in [3.8, 4) is 0 Å². The van der Waals surface area contributed by atoms with Gasteiger partial charge in [-0.25, -0.2) is 4.39 Å². The molecule has 2 aliphatic rings. The number of nitrogens with one attached hydrogen (secondary N) is 1. The highest BCUT2D eigenvalue weighted by atomic mass is 19.4. The van der Waals surface area contributed by atoms with Crippen LogP contribution in [0.25, 0.3) is 0 Å². The number of hydrogen-bond acceptors (Lipinski definition) is 5. The van der Waals surface area contributed by atoms with E-state index in [0.29, 0.717) is 25.3 Å². The van der Waals surface area contributed by atoms with Crippen LogP contribution in [0.4, 0.5) is 23.4 Å². The van der Waals surface area contributed by atoms with Gasteiger partial charge in [0, 0.05) is 31.2 Å². The monoisotopic (exact) mass is 480 g/mol. The number of nitrogens with zero attached hydrogens (tertiary/aromatic N) is 3. The van der Waals surface area contributed by atoms with Crippen molar-refractivity contribution in [2.24, 2.45) is 5.92 Å². The minimum absolute atomic E-state index is 0.0179. The second-order valence-electron chi connectivity index (χ2n) is 9.02. The van der Waals surface area contributed by atoms with E-state index < -0.39 is 18.1 Å². The molecule has 1 aromatic heterocycles. The molecule has 1 aromatic carbocycles. The van der Waals surface area contributed by atoms with E-state index in [4.69, 9.17) is 4.74 Å². The van der Waals surface area contributed by atoms with Crippen LogP contribution in [0.3, 0.4) is 0 Å². The van der Waals surface area contributed by atoms with Gasteiger partial charge in [0.25, 0.3) is 0 Å². The normalized spacial score (nSPS) is 25.7. The Kier molecular flexibility index (Phi) is 7.65. The SMILES string of the molecule is O=C(NC1CCN(c2cccnn2)CC1CO[C@H]1CC[C@@H](c2cccc(F)c2)CC1)C(F)(F)F. The lowest BCUT2D eigenvalue weighted by atomic mass is 9.82. The zero-order valence-corrected chi connectivity index (χ0v) is 18.7. The summed E-state index contributed by atoms with van der Waals surface area (Å²) in [6, 6.07) is 9.56. The van der Waals surface area contributed by atoms with Gasteiger partial charge < -0.3 is 15.0 Å². The Hall–Kier alpha value is -2.75. The number of halogens is 4. The third-order valence-corrected chi connectivity index (χ3v) is 6.73. The number of benzene rings is 1. The van der Waals surface area contributed by atoms with Crippen LogP contribution in [0.5, 0.6) is 0 Å². The number of amides is 1. The van der Waals surface area contributed by atoms with Crippen LogP contribution in [-0.2, 0) is 9.53 Å². The van der Waals surface area contributed by atoms with Crippen molar-refractivity contribution in [2.45, 2.75) is 56.3 Å². The number of aromatic nitrogens is 2. The zero-order chi connectivity index (χ0) is 24.1. The van der Waals surface area contributed by atoms with Crippen molar-refractivity contribution in [1.29, 1.82) is 0 Å². The summed E-state index contributed by atoms with van der Waals surface area (Å²) in [5.41, 5.74) is 0.986. The molecule has 34 heavy (non-hydrogen) atoms. The molecule has 2 unspecified atom stereocenters. The van der Waals surface area contributed by atoms with Gasteiger partial charge in [0.15, 0.2) is 5.82 Å². The largest absolute Gasteiger partial charge is 0.471 e. The summed E-state index contributed by atoms with van der Waals surface area (Å²) in [6.07, 6.45) is 0.262. The lowest BCUT2D eigenvalue weighted by Crippen LogP contribution is -2.55. The van der Waals surface area contributed by atoms with Crippen LogP contribution in [0.1, 0.15) is 43.6 Å². The molecule has 1 saturated heterocycles. The second-order valence-corrected chi connectivity index (χ2v) is 9.02. The first-order valence-corrected chi connectivity index (χ1v) is 11.6. The molecule has 1 aliphatic heterocycles. The van der Waals surface area contributed by atoms with Gasteiger partial charge in [0.2, 0.25) is 0 Å². The first-order valence-electron chi connectivity index (χ1n) is 11.6. The fourth-order valence-corrected chi connectivity index (χ4v) is 4.89. The predicted octanol–water partition coefficient (Wildman–Crippen LogP) is 4.23. The van der Waals surface area contributed by atoms with Crippen LogP contribution in [0, 0.1) is 11.7 Å². The van der Waals surface area contributed by atoms with Crippen molar-refractivity contribution in [3.63, 3.8) is 0 Å². The van der Waals surface area contributed by atoms with Crippen molar-refractivity contribution < 1.29 is 27.1 Å². The minimum Gasteiger partial charge on any atom is -0.378 e. The summed E-state index contributed by atoms with van der Waals surface area (Å²) >= 11 is 0. The van der Waals surface area contributed by atoms with E-state index in [0.717, 1.165) is 31.2 Å². The zero-order valence-electron chi connectivity index (χ0n) is 18.7. The lowest BCUT2D eigenvalue weighted by Gasteiger charge is -2.40. The van der Waals surface area contributed by atoms with Gasteiger partial charge in [-0.2, -0.15) is 18.3 Å². The first-order chi connectivity index (χ1) is 16.3. The molecule has 2 heterocycles. The van der Waals surface area contributed by atoms with E-state index in [1.54, 1.807) is 30.5 Å². The quantitative estimate of drug-likeness (QED) is 0.627. The molecule has 1 amide bonds. The van der Waals surface area contributed by atoms with E-state index in [9.17, 15) is 22.4 Å². The molecule has 1 N–H and O–H groups in total. The number of alkyl halides is 3. The minimum atomic E-state index is -4.93. The Labute approximate surface area is 195 Å². The standard InChI is InChI=1S/C24H28F4N4O2/c25-19-4-1-3-17(13-19)16-6-8-20(9-7-16)34-15-18-14-32(22-5-2-11-29-31-22)12-10-21(18)30-23(33)24(26,27)28/h1-5,11,13,16,18,20-21H,6-10,12,14-15H2,(H,30,33)/t16-,18?,20+,21?. The highest BCUT2D eigenvalue weighted by molar-refractivity contribution is 5.82. The van der Waals surface area contributed by atoms with E-state index in [1.807, 2.05) is 11.0 Å². The van der Waals surface area contributed by atoms with E-state index in [-0.39, 0.29) is 30.4 Å². The van der Waals surface area contributed by atoms with Crippen molar-refractivity contribution >= 4 is 11.7 Å². The van der Waals surface area contributed by atoms with Gasteiger partial charge in [-0.05, 0) is 67.9 Å². The molecule has 2 aromatic rings. The first kappa shape index (κ1) is 24.4. The molecule has 4 rings (SSSR count). The number of ether oxygens (including phenoxy) is 1. The third kappa shape index (κ3) is 6.22. The molecule has 0 spiro atoms. The van der Waals surface area contributed by atoms with Gasteiger partial charge >= 0.3 is 12.1 Å². The smallest absolute Gasteiger partial charge is 0.378 e. The van der Waals surface area contributed by atoms with Crippen molar-refractivity contribution in [2.75, 3.05) is 24.6 Å². The Morgan fingerprint density at radius 1 is 1.12 bits per heavy atom.